The first-order valence-electron chi connectivity index (χ1n) is 8.10. The molecule has 26 heavy (non-hydrogen) atoms. The lowest BCUT2D eigenvalue weighted by Gasteiger charge is -2.22. The highest BCUT2D eigenvalue weighted by atomic mass is 35.5. The minimum Gasteiger partial charge on any atom is -0.497 e. The Bertz CT molecular complexity index is 852. The van der Waals surface area contributed by atoms with Gasteiger partial charge in [0.25, 0.3) is 0 Å². The fraction of sp³-hybridized carbons (Fsp3) is 0.150. The highest BCUT2D eigenvalue weighted by Gasteiger charge is 2.18. The third kappa shape index (κ3) is 4.58. The zero-order valence-electron chi connectivity index (χ0n) is 14.3. The first-order chi connectivity index (χ1) is 12.7. The van der Waals surface area contributed by atoms with E-state index in [0.29, 0.717) is 17.5 Å². The van der Waals surface area contributed by atoms with Gasteiger partial charge < -0.3 is 4.74 Å². The maximum atomic E-state index is 12.9. The lowest BCUT2D eigenvalue weighted by molar-refractivity contribution is -0.118. The molecule has 0 aliphatic heterocycles. The number of carbonyl (C=O) groups excluding carboxylic acids is 1. The van der Waals surface area contributed by atoms with Crippen LogP contribution in [0.5, 0.6) is 5.75 Å². The van der Waals surface area contributed by atoms with E-state index in [2.05, 4.69) is 9.97 Å². The summed E-state index contributed by atoms with van der Waals surface area (Å²) in [4.78, 5) is 23.0. The number of aromatic nitrogens is 2. The smallest absolute Gasteiger partial charge is 0.232 e. The van der Waals surface area contributed by atoms with Crippen LogP contribution in [0.3, 0.4) is 0 Å². The van der Waals surface area contributed by atoms with E-state index in [1.54, 1.807) is 30.5 Å². The van der Waals surface area contributed by atoms with Crippen LogP contribution < -0.4 is 9.64 Å². The molecule has 0 aliphatic carbocycles. The lowest BCUT2D eigenvalue weighted by atomic mass is 10.1. The van der Waals surface area contributed by atoms with Gasteiger partial charge in [0.15, 0.2) is 0 Å². The standard InChI is InChI=1S/C20H18ClN3O2/c1-26-17-8-5-15(6-9-17)12-20(25)24(19-4-2-3-11-22-19)14-16-7-10-18(21)23-13-16/h2-11,13H,12,14H2,1H3. The molecule has 2 aromatic heterocycles. The van der Waals surface area contributed by atoms with Crippen LogP contribution in [0, 0.1) is 0 Å². The molecule has 0 N–H and O–H groups in total. The van der Waals surface area contributed by atoms with E-state index in [1.807, 2.05) is 48.5 Å². The highest BCUT2D eigenvalue weighted by Crippen LogP contribution is 2.18. The molecule has 0 radical (unpaired) electrons. The normalized spacial score (nSPS) is 10.4. The summed E-state index contributed by atoms with van der Waals surface area (Å²) in [5, 5.41) is 0.419. The summed E-state index contributed by atoms with van der Waals surface area (Å²) in [6.07, 6.45) is 3.60. The first kappa shape index (κ1) is 17.9. The summed E-state index contributed by atoms with van der Waals surface area (Å²) in [5.41, 5.74) is 1.79. The van der Waals surface area contributed by atoms with Crippen molar-refractivity contribution < 1.29 is 9.53 Å². The minimum atomic E-state index is -0.0520. The number of ether oxygens (including phenoxy) is 1. The Morgan fingerprint density at radius 1 is 1.04 bits per heavy atom. The molecular formula is C20H18ClN3O2. The predicted octanol–water partition coefficient (Wildman–Crippen LogP) is 3.91. The molecule has 1 aromatic carbocycles. The van der Waals surface area contributed by atoms with Crippen LogP contribution >= 0.6 is 11.6 Å². The first-order valence-corrected chi connectivity index (χ1v) is 8.48. The molecule has 3 rings (SSSR count). The number of rotatable bonds is 6. The van der Waals surface area contributed by atoms with Crippen LogP contribution in [0.2, 0.25) is 5.15 Å². The average molecular weight is 368 g/mol. The zero-order valence-corrected chi connectivity index (χ0v) is 15.1. The van der Waals surface area contributed by atoms with Crippen molar-refractivity contribution in [3.63, 3.8) is 0 Å². The molecule has 1 amide bonds. The van der Waals surface area contributed by atoms with Gasteiger partial charge in [-0.3, -0.25) is 9.69 Å². The van der Waals surface area contributed by atoms with Crippen molar-refractivity contribution in [1.29, 1.82) is 0 Å². The molecule has 132 valence electrons. The van der Waals surface area contributed by atoms with E-state index in [4.69, 9.17) is 16.3 Å². The summed E-state index contributed by atoms with van der Waals surface area (Å²) >= 11 is 5.85. The Kier molecular flexibility index (Phi) is 5.81. The molecule has 5 nitrogen and oxygen atoms in total. The molecule has 6 heteroatoms. The Labute approximate surface area is 157 Å². The molecule has 2 heterocycles. The number of amides is 1. The molecule has 0 unspecified atom stereocenters. The van der Waals surface area contributed by atoms with Crippen LogP contribution in [-0.4, -0.2) is 23.0 Å². The number of nitrogens with zero attached hydrogens (tertiary/aromatic N) is 3. The molecule has 0 bridgehead atoms. The van der Waals surface area contributed by atoms with Gasteiger partial charge in [-0.2, -0.15) is 0 Å². The number of hydrogen-bond acceptors (Lipinski definition) is 4. The molecule has 0 saturated heterocycles. The van der Waals surface area contributed by atoms with Crippen LogP contribution in [0.4, 0.5) is 5.82 Å². The second kappa shape index (κ2) is 8.45. The van der Waals surface area contributed by atoms with Gasteiger partial charge >= 0.3 is 0 Å². The highest BCUT2D eigenvalue weighted by molar-refractivity contribution is 6.29. The Hall–Kier alpha value is -2.92. The van der Waals surface area contributed by atoms with Gasteiger partial charge in [0, 0.05) is 12.4 Å². The number of halogens is 1. The van der Waals surface area contributed by atoms with Gasteiger partial charge in [0.2, 0.25) is 5.91 Å². The minimum absolute atomic E-state index is 0.0520. The number of methoxy groups -OCH3 is 1. The molecule has 0 atom stereocenters. The van der Waals surface area contributed by atoms with Crippen molar-refractivity contribution in [2.24, 2.45) is 0 Å². The van der Waals surface area contributed by atoms with Gasteiger partial charge in [-0.15, -0.1) is 0 Å². The maximum Gasteiger partial charge on any atom is 0.232 e. The summed E-state index contributed by atoms with van der Waals surface area (Å²) < 4.78 is 5.16. The summed E-state index contributed by atoms with van der Waals surface area (Å²) in [7, 11) is 1.61. The zero-order chi connectivity index (χ0) is 18.4. The third-order valence-electron chi connectivity index (χ3n) is 3.87. The predicted molar refractivity (Wildman–Crippen MR) is 101 cm³/mol. The Balaban J connectivity index is 1.81. The fourth-order valence-electron chi connectivity index (χ4n) is 2.51. The topological polar surface area (TPSA) is 55.3 Å². The number of carbonyl (C=O) groups is 1. The van der Waals surface area contributed by atoms with Gasteiger partial charge in [-0.05, 0) is 41.5 Å². The molecule has 3 aromatic rings. The van der Waals surface area contributed by atoms with E-state index in [0.717, 1.165) is 16.9 Å². The van der Waals surface area contributed by atoms with E-state index in [-0.39, 0.29) is 12.3 Å². The molecule has 0 saturated carbocycles. The van der Waals surface area contributed by atoms with E-state index >= 15 is 0 Å². The summed E-state index contributed by atoms with van der Waals surface area (Å²) in [6.45, 7) is 0.371. The van der Waals surface area contributed by atoms with Crippen LogP contribution in [0.15, 0.2) is 67.0 Å². The van der Waals surface area contributed by atoms with E-state index in [9.17, 15) is 4.79 Å². The number of pyridine rings is 2. The van der Waals surface area contributed by atoms with Gasteiger partial charge in [-0.1, -0.05) is 35.9 Å². The molecular weight excluding hydrogens is 350 g/mol. The SMILES string of the molecule is COc1ccc(CC(=O)N(Cc2ccc(Cl)nc2)c2ccccn2)cc1. The monoisotopic (exact) mass is 367 g/mol. The van der Waals surface area contributed by atoms with Crippen LogP contribution in [-0.2, 0) is 17.8 Å². The molecule has 0 fully saturated rings. The van der Waals surface area contributed by atoms with Crippen molar-refractivity contribution in [1.82, 2.24) is 9.97 Å². The Morgan fingerprint density at radius 2 is 1.81 bits per heavy atom. The van der Waals surface area contributed by atoms with Crippen molar-refractivity contribution in [2.45, 2.75) is 13.0 Å². The Morgan fingerprint density at radius 3 is 2.42 bits per heavy atom. The quantitative estimate of drug-likeness (QED) is 0.620. The van der Waals surface area contributed by atoms with Gasteiger partial charge in [0.1, 0.15) is 16.7 Å². The molecule has 0 aliphatic rings. The number of hydrogen-bond donors (Lipinski definition) is 0. The van der Waals surface area contributed by atoms with Crippen molar-refractivity contribution in [3.05, 3.63) is 83.3 Å². The van der Waals surface area contributed by atoms with Crippen molar-refractivity contribution >= 4 is 23.3 Å². The summed E-state index contributed by atoms with van der Waals surface area (Å²) in [6, 6.07) is 16.5. The van der Waals surface area contributed by atoms with Crippen molar-refractivity contribution in [3.8, 4) is 5.75 Å². The fourth-order valence-corrected chi connectivity index (χ4v) is 2.62. The summed E-state index contributed by atoms with van der Waals surface area (Å²) in [5.74, 6) is 1.31. The number of anilines is 1. The second-order valence-electron chi connectivity index (χ2n) is 5.68. The van der Waals surface area contributed by atoms with Crippen molar-refractivity contribution in [2.75, 3.05) is 12.0 Å². The number of benzene rings is 1. The average Bonchev–Trinajstić information content (AvgIpc) is 2.68. The van der Waals surface area contributed by atoms with Gasteiger partial charge in [-0.25, -0.2) is 9.97 Å². The molecule has 0 spiro atoms. The largest absolute Gasteiger partial charge is 0.497 e. The maximum absolute atomic E-state index is 12.9. The van der Waals surface area contributed by atoms with E-state index in [1.165, 1.54) is 0 Å². The third-order valence-corrected chi connectivity index (χ3v) is 4.09. The van der Waals surface area contributed by atoms with Gasteiger partial charge in [0.05, 0.1) is 20.1 Å². The van der Waals surface area contributed by atoms with Crippen LogP contribution in [0.25, 0.3) is 0 Å². The van der Waals surface area contributed by atoms with E-state index < -0.39 is 0 Å². The van der Waals surface area contributed by atoms with Crippen LogP contribution in [0.1, 0.15) is 11.1 Å². The second-order valence-corrected chi connectivity index (χ2v) is 6.07. The lowest BCUT2D eigenvalue weighted by Crippen LogP contribution is -2.32.